The second-order valence-electron chi connectivity index (χ2n) is 7.36. The number of aryl methyl sites for hydroxylation is 1. The predicted molar refractivity (Wildman–Crippen MR) is 106 cm³/mol. The van der Waals surface area contributed by atoms with Crippen molar-refractivity contribution >= 4 is 23.4 Å². The average Bonchev–Trinajstić information content (AvgIpc) is 2.93. The van der Waals surface area contributed by atoms with E-state index in [1.54, 1.807) is 38.1 Å². The van der Waals surface area contributed by atoms with Crippen LogP contribution in [0.25, 0.3) is 0 Å². The minimum atomic E-state index is -0.880. The Labute approximate surface area is 164 Å². The zero-order valence-electron chi connectivity index (χ0n) is 16.3. The van der Waals surface area contributed by atoms with Gasteiger partial charge in [0.05, 0.1) is 23.3 Å². The molecule has 0 saturated heterocycles. The zero-order valence-corrected chi connectivity index (χ0v) is 16.3. The van der Waals surface area contributed by atoms with Crippen LogP contribution in [0.2, 0.25) is 0 Å². The molecule has 2 aromatic rings. The highest BCUT2D eigenvalue weighted by Crippen LogP contribution is 2.29. The number of ether oxygens (including phenoxy) is 1. The van der Waals surface area contributed by atoms with Gasteiger partial charge in [-0.1, -0.05) is 37.3 Å². The van der Waals surface area contributed by atoms with Crippen molar-refractivity contribution in [3.05, 3.63) is 65.2 Å². The van der Waals surface area contributed by atoms with E-state index in [0.717, 1.165) is 17.7 Å². The Bertz CT molecular complexity index is 885. The van der Waals surface area contributed by atoms with Gasteiger partial charge in [-0.3, -0.25) is 19.3 Å². The van der Waals surface area contributed by atoms with Crippen LogP contribution in [-0.4, -0.2) is 41.4 Å². The van der Waals surface area contributed by atoms with Crippen molar-refractivity contribution in [2.75, 3.05) is 18.5 Å². The Balaban J connectivity index is 1.59. The Kier molecular flexibility index (Phi) is 5.61. The lowest BCUT2D eigenvalue weighted by Crippen LogP contribution is -2.50. The first-order chi connectivity index (χ1) is 13.3. The summed E-state index contributed by atoms with van der Waals surface area (Å²) in [6.07, 6.45) is 0.810. The molecule has 28 heavy (non-hydrogen) atoms. The number of rotatable bonds is 7. The highest BCUT2D eigenvalue weighted by molar-refractivity contribution is 6.21. The van der Waals surface area contributed by atoms with Gasteiger partial charge in [-0.25, -0.2) is 0 Å². The number of carbonyl (C=O) groups is 3. The third-order valence-electron chi connectivity index (χ3n) is 4.76. The summed E-state index contributed by atoms with van der Waals surface area (Å²) in [6, 6.07) is 14.3. The molecule has 1 N–H and O–H groups in total. The number of anilines is 1. The van der Waals surface area contributed by atoms with Crippen molar-refractivity contribution in [2.24, 2.45) is 0 Å². The van der Waals surface area contributed by atoms with E-state index in [1.807, 2.05) is 31.2 Å². The minimum absolute atomic E-state index is 0.0569. The van der Waals surface area contributed by atoms with E-state index in [4.69, 9.17) is 4.74 Å². The van der Waals surface area contributed by atoms with Crippen molar-refractivity contribution < 1.29 is 19.1 Å². The predicted octanol–water partition coefficient (Wildman–Crippen LogP) is 3.28. The number of hydrogen-bond acceptors (Lipinski definition) is 4. The van der Waals surface area contributed by atoms with E-state index >= 15 is 0 Å². The quantitative estimate of drug-likeness (QED) is 0.748. The number of hydrogen-bond donors (Lipinski definition) is 1. The summed E-state index contributed by atoms with van der Waals surface area (Å²) in [5, 5.41) is 2.84. The number of carbonyl (C=O) groups excluding carboxylic acids is 3. The molecule has 1 aliphatic heterocycles. The molecule has 0 unspecified atom stereocenters. The van der Waals surface area contributed by atoms with Crippen molar-refractivity contribution in [3.63, 3.8) is 0 Å². The molecule has 0 atom stereocenters. The Hall–Kier alpha value is -2.99. The fourth-order valence-electron chi connectivity index (χ4n) is 3.33. The van der Waals surface area contributed by atoms with Crippen LogP contribution in [0.15, 0.2) is 48.5 Å². The molecule has 3 amide bonds. The molecule has 3 rings (SSSR count). The van der Waals surface area contributed by atoms with Crippen molar-refractivity contribution in [1.82, 2.24) is 4.90 Å². The molecule has 6 heteroatoms. The summed E-state index contributed by atoms with van der Waals surface area (Å²) in [7, 11) is 0. The third kappa shape index (κ3) is 3.82. The first-order valence-corrected chi connectivity index (χ1v) is 9.28. The van der Waals surface area contributed by atoms with Crippen molar-refractivity contribution in [2.45, 2.75) is 32.7 Å². The summed E-state index contributed by atoms with van der Waals surface area (Å²) in [4.78, 5) is 38.7. The maximum atomic E-state index is 12.6. The Morgan fingerprint density at radius 3 is 2.18 bits per heavy atom. The second-order valence-corrected chi connectivity index (χ2v) is 7.36. The second kappa shape index (κ2) is 7.94. The summed E-state index contributed by atoms with van der Waals surface area (Å²) < 4.78 is 5.56. The number of imide groups is 1. The normalized spacial score (nSPS) is 13.6. The topological polar surface area (TPSA) is 75.7 Å². The van der Waals surface area contributed by atoms with E-state index in [9.17, 15) is 14.4 Å². The lowest BCUT2D eigenvalue weighted by Gasteiger charge is -2.33. The maximum Gasteiger partial charge on any atom is 0.262 e. The number of nitrogens with one attached hydrogen (secondary N) is 1. The van der Waals surface area contributed by atoms with Crippen LogP contribution in [-0.2, 0) is 16.0 Å². The van der Waals surface area contributed by atoms with Gasteiger partial charge in [0.15, 0.2) is 0 Å². The first-order valence-electron chi connectivity index (χ1n) is 9.28. The number of nitrogens with zero attached hydrogens (tertiary/aromatic N) is 1. The van der Waals surface area contributed by atoms with E-state index in [0.29, 0.717) is 11.1 Å². The van der Waals surface area contributed by atoms with Crippen LogP contribution in [0.1, 0.15) is 47.1 Å². The monoisotopic (exact) mass is 380 g/mol. The van der Waals surface area contributed by atoms with E-state index in [2.05, 4.69) is 5.32 Å². The fraction of sp³-hybridized carbons (Fsp3) is 0.318. The fourth-order valence-corrected chi connectivity index (χ4v) is 3.33. The van der Waals surface area contributed by atoms with Gasteiger partial charge in [0, 0.05) is 5.69 Å². The van der Waals surface area contributed by atoms with Crippen LogP contribution < -0.4 is 5.32 Å². The third-order valence-corrected chi connectivity index (χ3v) is 4.76. The molecule has 0 saturated carbocycles. The van der Waals surface area contributed by atoms with Crippen LogP contribution in [0, 0.1) is 0 Å². The zero-order chi connectivity index (χ0) is 20.3. The average molecular weight is 380 g/mol. The number of fused-ring (bicyclic) bond motifs is 1. The van der Waals surface area contributed by atoms with Gasteiger partial charge in [0.2, 0.25) is 5.91 Å². The van der Waals surface area contributed by atoms with Crippen molar-refractivity contribution in [1.29, 1.82) is 0 Å². The molecule has 1 heterocycles. The van der Waals surface area contributed by atoms with E-state index in [-0.39, 0.29) is 30.9 Å². The molecule has 146 valence electrons. The van der Waals surface area contributed by atoms with E-state index in [1.165, 1.54) is 4.90 Å². The standard InChI is InChI=1S/C22H24N2O4/c1-4-15-9-5-8-12-18(15)23-19(25)13-28-14-22(2,3)24-20(26)16-10-6-7-11-17(16)21(24)27/h5-12H,4,13-14H2,1-3H3,(H,23,25). The lowest BCUT2D eigenvalue weighted by molar-refractivity contribution is -0.121. The molecule has 0 aliphatic carbocycles. The molecule has 6 nitrogen and oxygen atoms in total. The van der Waals surface area contributed by atoms with Gasteiger partial charge in [0.25, 0.3) is 11.8 Å². The highest BCUT2D eigenvalue weighted by atomic mass is 16.5. The molecule has 2 aromatic carbocycles. The van der Waals surface area contributed by atoms with Crippen LogP contribution in [0.3, 0.4) is 0 Å². The number of para-hydroxylation sites is 1. The first kappa shape index (κ1) is 19.8. The molecule has 0 radical (unpaired) electrons. The molecule has 0 spiro atoms. The van der Waals surface area contributed by atoms with E-state index < -0.39 is 5.54 Å². The highest BCUT2D eigenvalue weighted by Gasteiger charge is 2.44. The minimum Gasteiger partial charge on any atom is -0.369 e. The molecular weight excluding hydrogens is 356 g/mol. The lowest BCUT2D eigenvalue weighted by atomic mass is 10.0. The molecule has 0 aromatic heterocycles. The van der Waals surface area contributed by atoms with Gasteiger partial charge >= 0.3 is 0 Å². The summed E-state index contributed by atoms with van der Waals surface area (Å²) in [6.45, 7) is 5.41. The smallest absolute Gasteiger partial charge is 0.262 e. The van der Waals surface area contributed by atoms with Crippen LogP contribution >= 0.6 is 0 Å². The molecule has 0 bridgehead atoms. The summed E-state index contributed by atoms with van der Waals surface area (Å²) >= 11 is 0. The van der Waals surface area contributed by atoms with Gasteiger partial charge < -0.3 is 10.1 Å². The van der Waals surface area contributed by atoms with Crippen molar-refractivity contribution in [3.8, 4) is 0 Å². The van der Waals surface area contributed by atoms with Gasteiger partial charge in [-0.2, -0.15) is 0 Å². The largest absolute Gasteiger partial charge is 0.369 e. The SMILES string of the molecule is CCc1ccccc1NC(=O)COCC(C)(C)N1C(=O)c2ccccc2C1=O. The molecular formula is C22H24N2O4. The van der Waals surface area contributed by atoms with Gasteiger partial charge in [-0.15, -0.1) is 0 Å². The number of benzene rings is 2. The Morgan fingerprint density at radius 1 is 1.00 bits per heavy atom. The Morgan fingerprint density at radius 2 is 1.57 bits per heavy atom. The maximum absolute atomic E-state index is 12.6. The van der Waals surface area contributed by atoms with Crippen LogP contribution in [0.4, 0.5) is 5.69 Å². The van der Waals surface area contributed by atoms with Gasteiger partial charge in [-0.05, 0) is 44.0 Å². The van der Waals surface area contributed by atoms with Gasteiger partial charge in [0.1, 0.15) is 6.61 Å². The molecule has 1 aliphatic rings. The number of amides is 3. The summed E-state index contributed by atoms with van der Waals surface area (Å²) in [5.41, 5.74) is 1.72. The molecule has 0 fully saturated rings. The summed E-state index contributed by atoms with van der Waals surface area (Å²) in [5.74, 6) is -0.954. The van der Waals surface area contributed by atoms with Crippen LogP contribution in [0.5, 0.6) is 0 Å².